The summed E-state index contributed by atoms with van der Waals surface area (Å²) in [6, 6.07) is 3.95. The minimum Gasteiger partial charge on any atom is -0.399 e. The summed E-state index contributed by atoms with van der Waals surface area (Å²) < 4.78 is 78.9. The number of alkyl halides is 6. The van der Waals surface area contributed by atoms with Gasteiger partial charge < -0.3 is 11.5 Å². The second-order valence-corrected chi connectivity index (χ2v) is 5.00. The Bertz CT molecular complexity index is 629. The van der Waals surface area contributed by atoms with E-state index >= 15 is 0 Å². The summed E-state index contributed by atoms with van der Waals surface area (Å²) in [5, 5.41) is 0. The topological polar surface area (TPSA) is 52.0 Å². The maximum Gasteiger partial charge on any atom is 0.416 e. The first-order chi connectivity index (χ1) is 9.96. The maximum atomic E-state index is 13.2. The minimum atomic E-state index is -4.84. The Balaban J connectivity index is 2.67. The van der Waals surface area contributed by atoms with Crippen molar-refractivity contribution < 1.29 is 26.3 Å². The number of rotatable bonds is 1. The molecule has 0 amide bonds. The van der Waals surface area contributed by atoms with Crippen LogP contribution in [0.5, 0.6) is 0 Å². The van der Waals surface area contributed by atoms with Gasteiger partial charge in [-0.2, -0.15) is 26.3 Å². The van der Waals surface area contributed by atoms with Gasteiger partial charge in [0.15, 0.2) is 0 Å². The highest BCUT2D eigenvalue weighted by molar-refractivity contribution is 5.44. The molecular weight excluding hydrogens is 310 g/mol. The van der Waals surface area contributed by atoms with Crippen LogP contribution in [0.3, 0.4) is 0 Å². The van der Waals surface area contributed by atoms with Gasteiger partial charge in [0.1, 0.15) is 5.92 Å². The van der Waals surface area contributed by atoms with Crippen LogP contribution in [-0.2, 0) is 11.7 Å². The average Bonchev–Trinajstić information content (AvgIpc) is 2.39. The third kappa shape index (κ3) is 2.83. The highest BCUT2D eigenvalue weighted by Crippen LogP contribution is 2.46. The molecule has 0 spiro atoms. The first kappa shape index (κ1) is 16.4. The quantitative estimate of drug-likeness (QED) is 0.778. The van der Waals surface area contributed by atoms with E-state index in [1.54, 1.807) is 0 Å². The summed E-state index contributed by atoms with van der Waals surface area (Å²) in [6.45, 7) is 0. The van der Waals surface area contributed by atoms with E-state index in [2.05, 4.69) is 0 Å². The number of benzene rings is 1. The molecule has 0 saturated heterocycles. The lowest BCUT2D eigenvalue weighted by atomic mass is 9.73. The fourth-order valence-corrected chi connectivity index (χ4v) is 2.45. The van der Waals surface area contributed by atoms with Gasteiger partial charge in [0, 0.05) is 5.70 Å². The van der Waals surface area contributed by atoms with Gasteiger partial charge in [-0.1, -0.05) is 24.3 Å². The molecular formula is C14H12F6N2. The molecule has 0 fully saturated rings. The molecule has 1 aromatic carbocycles. The molecule has 4 N–H and O–H groups in total. The van der Waals surface area contributed by atoms with Crippen LogP contribution in [-0.4, -0.2) is 6.18 Å². The summed E-state index contributed by atoms with van der Waals surface area (Å²) in [5.41, 5.74) is 6.67. The predicted octanol–water partition coefficient (Wildman–Crippen LogP) is 3.45. The number of halogens is 6. The van der Waals surface area contributed by atoms with Gasteiger partial charge >= 0.3 is 12.4 Å². The number of hydrogen-bond donors (Lipinski definition) is 2. The van der Waals surface area contributed by atoms with Crippen molar-refractivity contribution in [3.63, 3.8) is 0 Å². The van der Waals surface area contributed by atoms with Crippen molar-refractivity contribution in [1.82, 2.24) is 0 Å². The lowest BCUT2D eigenvalue weighted by Crippen LogP contribution is -2.50. The van der Waals surface area contributed by atoms with Gasteiger partial charge in [-0.15, -0.1) is 0 Å². The van der Waals surface area contributed by atoms with Crippen molar-refractivity contribution in [2.24, 2.45) is 17.4 Å². The van der Waals surface area contributed by atoms with Crippen molar-refractivity contribution in [2.75, 3.05) is 0 Å². The Hall–Kier alpha value is -1.96. The molecule has 2 unspecified atom stereocenters. The van der Waals surface area contributed by atoms with E-state index in [0.29, 0.717) is 12.1 Å². The summed E-state index contributed by atoms with van der Waals surface area (Å²) in [7, 11) is 0. The summed E-state index contributed by atoms with van der Waals surface area (Å²) in [5.74, 6) is -2.35. The van der Waals surface area contributed by atoms with E-state index in [-0.39, 0.29) is 5.70 Å². The standard InChI is InChI=1S/C14H12F6N2/c15-13(16,17)10-4-2-1-3-9(10)12(22)6-5-8(21)7-11(12)14(18,19)20/h1-7,11H,21-22H2. The van der Waals surface area contributed by atoms with Crippen LogP contribution in [0.2, 0.25) is 0 Å². The molecule has 1 aromatic rings. The van der Waals surface area contributed by atoms with E-state index in [0.717, 1.165) is 24.3 Å². The molecule has 0 heterocycles. The monoisotopic (exact) mass is 322 g/mol. The molecule has 22 heavy (non-hydrogen) atoms. The number of allylic oxidation sites excluding steroid dienone is 1. The van der Waals surface area contributed by atoms with Crippen molar-refractivity contribution in [2.45, 2.75) is 17.9 Å². The fourth-order valence-electron chi connectivity index (χ4n) is 2.45. The van der Waals surface area contributed by atoms with Gasteiger partial charge in [-0.3, -0.25) is 0 Å². The van der Waals surface area contributed by atoms with Crippen molar-refractivity contribution in [3.05, 3.63) is 59.3 Å². The van der Waals surface area contributed by atoms with Gasteiger partial charge in [0.25, 0.3) is 0 Å². The molecule has 2 atom stereocenters. The molecule has 0 aliphatic heterocycles. The molecule has 0 bridgehead atoms. The van der Waals surface area contributed by atoms with Crippen molar-refractivity contribution >= 4 is 0 Å². The van der Waals surface area contributed by atoms with Crippen LogP contribution in [0.15, 0.2) is 48.2 Å². The largest absolute Gasteiger partial charge is 0.416 e. The Morgan fingerprint density at radius 3 is 2.14 bits per heavy atom. The first-order valence-electron chi connectivity index (χ1n) is 6.15. The molecule has 2 nitrogen and oxygen atoms in total. The number of nitrogens with two attached hydrogens (primary N) is 2. The van der Waals surface area contributed by atoms with Crippen LogP contribution in [0.25, 0.3) is 0 Å². The van der Waals surface area contributed by atoms with Gasteiger partial charge in [0.2, 0.25) is 0 Å². The van der Waals surface area contributed by atoms with Crippen LogP contribution in [0.4, 0.5) is 26.3 Å². The fraction of sp³-hybridized carbons (Fsp3) is 0.286. The third-order valence-electron chi connectivity index (χ3n) is 3.48. The van der Waals surface area contributed by atoms with E-state index < -0.39 is 34.9 Å². The molecule has 2 rings (SSSR count). The minimum absolute atomic E-state index is 0.201. The SMILES string of the molecule is NC1=CC(C(F)(F)F)C(N)(c2ccccc2C(F)(F)F)C=C1. The van der Waals surface area contributed by atoms with Crippen LogP contribution in [0.1, 0.15) is 11.1 Å². The van der Waals surface area contributed by atoms with E-state index in [4.69, 9.17) is 11.5 Å². The Morgan fingerprint density at radius 1 is 1.00 bits per heavy atom. The normalized spacial score (nSPS) is 26.0. The molecule has 1 aliphatic rings. The zero-order chi connectivity index (χ0) is 16.8. The molecule has 8 heteroatoms. The Kier molecular flexibility index (Phi) is 3.76. The Labute approximate surface area is 122 Å². The lowest BCUT2D eigenvalue weighted by Gasteiger charge is -2.38. The van der Waals surface area contributed by atoms with Gasteiger partial charge in [-0.05, 0) is 23.8 Å². The van der Waals surface area contributed by atoms with E-state index in [9.17, 15) is 26.3 Å². The van der Waals surface area contributed by atoms with Crippen LogP contribution < -0.4 is 11.5 Å². The molecule has 1 aliphatic carbocycles. The zero-order valence-corrected chi connectivity index (χ0v) is 11.0. The second kappa shape index (κ2) is 5.05. The smallest absolute Gasteiger partial charge is 0.399 e. The van der Waals surface area contributed by atoms with Crippen molar-refractivity contribution in [1.29, 1.82) is 0 Å². The highest BCUT2D eigenvalue weighted by Gasteiger charge is 2.53. The molecule has 0 aromatic heterocycles. The summed E-state index contributed by atoms with van der Waals surface area (Å²) in [4.78, 5) is 0. The van der Waals surface area contributed by atoms with Crippen LogP contribution in [0, 0.1) is 5.92 Å². The molecule has 0 radical (unpaired) electrons. The molecule has 0 saturated carbocycles. The zero-order valence-electron chi connectivity index (χ0n) is 11.0. The maximum absolute atomic E-state index is 13.2. The van der Waals surface area contributed by atoms with Crippen LogP contribution >= 0.6 is 0 Å². The first-order valence-corrected chi connectivity index (χ1v) is 6.15. The average molecular weight is 322 g/mol. The summed E-state index contributed by atoms with van der Waals surface area (Å²) >= 11 is 0. The van der Waals surface area contributed by atoms with Gasteiger partial charge in [0.05, 0.1) is 11.1 Å². The lowest BCUT2D eigenvalue weighted by molar-refractivity contribution is -0.176. The van der Waals surface area contributed by atoms with Gasteiger partial charge in [-0.25, -0.2) is 0 Å². The predicted molar refractivity (Wildman–Crippen MR) is 68.3 cm³/mol. The second-order valence-electron chi connectivity index (χ2n) is 5.00. The summed E-state index contributed by atoms with van der Waals surface area (Å²) in [6.07, 6.45) is -7.09. The Morgan fingerprint density at radius 2 is 1.59 bits per heavy atom. The van der Waals surface area contributed by atoms with E-state index in [1.807, 2.05) is 0 Å². The van der Waals surface area contributed by atoms with Crippen molar-refractivity contribution in [3.8, 4) is 0 Å². The molecule has 120 valence electrons. The highest BCUT2D eigenvalue weighted by atomic mass is 19.4. The van der Waals surface area contributed by atoms with E-state index in [1.165, 1.54) is 6.07 Å². The number of hydrogen-bond acceptors (Lipinski definition) is 2. The third-order valence-corrected chi connectivity index (χ3v) is 3.48.